The lowest BCUT2D eigenvalue weighted by Crippen LogP contribution is -2.45. The quantitative estimate of drug-likeness (QED) is 0.789. The maximum absolute atomic E-state index is 9.86. The van der Waals surface area contributed by atoms with E-state index in [1.165, 1.54) is 0 Å². The summed E-state index contributed by atoms with van der Waals surface area (Å²) in [6, 6.07) is 4.36. The van der Waals surface area contributed by atoms with Crippen molar-refractivity contribution in [2.24, 2.45) is 0 Å². The van der Waals surface area contributed by atoms with Crippen LogP contribution in [0.2, 0.25) is 0 Å². The predicted octanol–water partition coefficient (Wildman–Crippen LogP) is 2.22. The first-order valence-corrected chi connectivity index (χ1v) is 9.59. The molecule has 144 valence electrons. The topological polar surface area (TPSA) is 68.9 Å². The van der Waals surface area contributed by atoms with Crippen LogP contribution in [0.1, 0.15) is 40.0 Å². The molecular weight excluding hydrogens is 328 g/mol. The maximum Gasteiger partial charge on any atom is 0.159 e. The highest BCUT2D eigenvalue weighted by atomic mass is 16.3. The Kier molecular flexibility index (Phi) is 5.67. The molecule has 2 aromatic heterocycles. The monoisotopic (exact) mass is 360 g/mol. The molecule has 1 fully saturated rings. The molecule has 2 N–H and O–H groups in total. The highest BCUT2D eigenvalue weighted by Crippen LogP contribution is 2.22. The third-order valence-corrected chi connectivity index (χ3v) is 4.99. The molecule has 1 aliphatic heterocycles. The predicted molar refractivity (Wildman–Crippen MR) is 106 cm³/mol. The molecule has 0 aliphatic carbocycles. The van der Waals surface area contributed by atoms with Crippen molar-refractivity contribution in [3.05, 3.63) is 18.3 Å². The zero-order valence-electron chi connectivity index (χ0n) is 16.4. The molecule has 1 unspecified atom stereocenters. The van der Waals surface area contributed by atoms with Gasteiger partial charge in [-0.25, -0.2) is 4.98 Å². The van der Waals surface area contributed by atoms with E-state index < -0.39 is 5.60 Å². The number of likely N-dealkylation sites (N-methyl/N-ethyl adjacent to an activating group) is 1. The molecule has 3 heterocycles. The highest BCUT2D eigenvalue weighted by Gasteiger charge is 2.19. The van der Waals surface area contributed by atoms with E-state index in [1.54, 1.807) is 6.20 Å². The number of aromatic nitrogens is 3. The Balaban J connectivity index is 1.71. The second kappa shape index (κ2) is 7.80. The number of aliphatic hydroxyl groups is 1. The lowest BCUT2D eigenvalue weighted by molar-refractivity contribution is 0.0680. The summed E-state index contributed by atoms with van der Waals surface area (Å²) in [5, 5.41) is 17.8. The average molecular weight is 361 g/mol. The standard InChI is InChI=1S/C19H32N6O/c1-15(6-5-8-19(2,3)26)21-16-14-18(24-12-10-23(4)11-13-24)25-17(22-16)7-9-20-25/h7,9,14-15,26H,5-6,8,10-13H2,1-4H3,(H,21,22). The van der Waals surface area contributed by atoms with Crippen molar-refractivity contribution < 1.29 is 5.11 Å². The highest BCUT2D eigenvalue weighted by molar-refractivity contribution is 5.58. The van der Waals surface area contributed by atoms with E-state index in [2.05, 4.69) is 40.3 Å². The first-order valence-electron chi connectivity index (χ1n) is 9.59. The fourth-order valence-corrected chi connectivity index (χ4v) is 3.40. The van der Waals surface area contributed by atoms with Crippen LogP contribution < -0.4 is 10.2 Å². The van der Waals surface area contributed by atoms with E-state index in [-0.39, 0.29) is 0 Å². The Morgan fingerprint density at radius 2 is 2.00 bits per heavy atom. The number of anilines is 2. The number of nitrogens with zero attached hydrogens (tertiary/aromatic N) is 5. The Morgan fingerprint density at radius 3 is 2.69 bits per heavy atom. The summed E-state index contributed by atoms with van der Waals surface area (Å²) < 4.78 is 1.93. The van der Waals surface area contributed by atoms with Crippen molar-refractivity contribution in [3.63, 3.8) is 0 Å². The first kappa shape index (κ1) is 18.9. The number of hydrogen-bond donors (Lipinski definition) is 2. The molecule has 7 nitrogen and oxygen atoms in total. The van der Waals surface area contributed by atoms with Gasteiger partial charge in [0, 0.05) is 44.4 Å². The maximum atomic E-state index is 9.86. The summed E-state index contributed by atoms with van der Waals surface area (Å²) in [5.74, 6) is 1.99. The van der Waals surface area contributed by atoms with Crippen molar-refractivity contribution in [1.29, 1.82) is 0 Å². The van der Waals surface area contributed by atoms with Gasteiger partial charge in [-0.3, -0.25) is 0 Å². The van der Waals surface area contributed by atoms with Gasteiger partial charge in [0.05, 0.1) is 11.8 Å². The van der Waals surface area contributed by atoms with Crippen molar-refractivity contribution in [1.82, 2.24) is 19.5 Å². The van der Waals surface area contributed by atoms with Crippen molar-refractivity contribution in [3.8, 4) is 0 Å². The number of nitrogens with one attached hydrogen (secondary N) is 1. The Hall–Kier alpha value is -1.86. The molecule has 26 heavy (non-hydrogen) atoms. The van der Waals surface area contributed by atoms with Crippen LogP contribution in [0.3, 0.4) is 0 Å². The van der Waals surface area contributed by atoms with Gasteiger partial charge in [0.2, 0.25) is 0 Å². The molecule has 1 atom stereocenters. The van der Waals surface area contributed by atoms with Crippen LogP contribution in [0.15, 0.2) is 18.3 Å². The minimum atomic E-state index is -0.594. The summed E-state index contributed by atoms with van der Waals surface area (Å²) in [5.41, 5.74) is 0.274. The molecular formula is C19H32N6O. The van der Waals surface area contributed by atoms with E-state index in [0.717, 1.165) is 62.7 Å². The van der Waals surface area contributed by atoms with Gasteiger partial charge in [-0.05, 0) is 47.1 Å². The molecule has 2 aromatic rings. The van der Waals surface area contributed by atoms with E-state index in [9.17, 15) is 5.11 Å². The molecule has 0 amide bonds. The lowest BCUT2D eigenvalue weighted by atomic mass is 10.00. The minimum absolute atomic E-state index is 0.301. The lowest BCUT2D eigenvalue weighted by Gasteiger charge is -2.34. The Labute approximate surface area is 156 Å². The Bertz CT molecular complexity index is 714. The number of piperazine rings is 1. The number of fused-ring (bicyclic) bond motifs is 1. The van der Waals surface area contributed by atoms with Crippen LogP contribution in [0.4, 0.5) is 11.6 Å². The molecule has 3 rings (SSSR count). The summed E-state index contributed by atoms with van der Waals surface area (Å²) >= 11 is 0. The van der Waals surface area contributed by atoms with Gasteiger partial charge in [0.1, 0.15) is 11.6 Å². The third-order valence-electron chi connectivity index (χ3n) is 4.99. The molecule has 0 spiro atoms. The van der Waals surface area contributed by atoms with Gasteiger partial charge in [-0.2, -0.15) is 9.61 Å². The summed E-state index contributed by atoms with van der Waals surface area (Å²) in [6.07, 6.45) is 4.59. The molecule has 0 saturated carbocycles. The first-order chi connectivity index (χ1) is 12.3. The van der Waals surface area contributed by atoms with Gasteiger partial charge >= 0.3 is 0 Å². The van der Waals surface area contributed by atoms with Crippen molar-refractivity contribution in [2.75, 3.05) is 43.4 Å². The van der Waals surface area contributed by atoms with E-state index in [0.29, 0.717) is 6.04 Å². The fraction of sp³-hybridized carbons (Fsp3) is 0.684. The largest absolute Gasteiger partial charge is 0.390 e. The summed E-state index contributed by atoms with van der Waals surface area (Å²) in [7, 11) is 2.16. The van der Waals surface area contributed by atoms with Crippen LogP contribution in [0.5, 0.6) is 0 Å². The normalized spacial score (nSPS) is 17.7. The van der Waals surface area contributed by atoms with Crippen LogP contribution in [-0.4, -0.2) is 69.5 Å². The second-order valence-electron chi connectivity index (χ2n) is 8.14. The van der Waals surface area contributed by atoms with Gasteiger partial charge in [0.15, 0.2) is 5.65 Å². The second-order valence-corrected chi connectivity index (χ2v) is 8.14. The van der Waals surface area contributed by atoms with Crippen molar-refractivity contribution in [2.45, 2.75) is 51.7 Å². The molecule has 1 saturated heterocycles. The van der Waals surface area contributed by atoms with Gasteiger partial charge < -0.3 is 20.2 Å². The molecule has 1 aliphatic rings. The fourth-order valence-electron chi connectivity index (χ4n) is 3.40. The van der Waals surface area contributed by atoms with Crippen LogP contribution >= 0.6 is 0 Å². The van der Waals surface area contributed by atoms with E-state index in [1.807, 2.05) is 24.4 Å². The van der Waals surface area contributed by atoms with Crippen LogP contribution in [-0.2, 0) is 0 Å². The van der Waals surface area contributed by atoms with Gasteiger partial charge in [-0.1, -0.05) is 0 Å². The summed E-state index contributed by atoms with van der Waals surface area (Å²) in [4.78, 5) is 9.44. The molecule has 0 radical (unpaired) electrons. The minimum Gasteiger partial charge on any atom is -0.390 e. The molecule has 0 bridgehead atoms. The van der Waals surface area contributed by atoms with E-state index in [4.69, 9.17) is 4.98 Å². The smallest absolute Gasteiger partial charge is 0.159 e. The zero-order chi connectivity index (χ0) is 18.7. The number of rotatable bonds is 7. The third kappa shape index (κ3) is 4.86. The molecule has 7 heteroatoms. The van der Waals surface area contributed by atoms with Gasteiger partial charge in [-0.15, -0.1) is 0 Å². The van der Waals surface area contributed by atoms with E-state index >= 15 is 0 Å². The zero-order valence-corrected chi connectivity index (χ0v) is 16.4. The Morgan fingerprint density at radius 1 is 1.27 bits per heavy atom. The van der Waals surface area contributed by atoms with Crippen LogP contribution in [0, 0.1) is 0 Å². The van der Waals surface area contributed by atoms with Gasteiger partial charge in [0.25, 0.3) is 0 Å². The SMILES string of the molecule is CC(CCCC(C)(C)O)Nc1cc(N2CCN(C)CC2)n2nccc2n1. The summed E-state index contributed by atoms with van der Waals surface area (Å²) in [6.45, 7) is 10.0. The molecule has 0 aromatic carbocycles. The van der Waals surface area contributed by atoms with Crippen LogP contribution in [0.25, 0.3) is 5.65 Å². The average Bonchev–Trinajstić information content (AvgIpc) is 3.02. The van der Waals surface area contributed by atoms with Crippen molar-refractivity contribution >= 4 is 17.3 Å². The number of hydrogen-bond acceptors (Lipinski definition) is 6.